The minimum absolute atomic E-state index is 0.293. The van der Waals surface area contributed by atoms with Crippen LogP contribution in [0.3, 0.4) is 0 Å². The molecule has 5 nitrogen and oxygen atoms in total. The Kier molecular flexibility index (Phi) is 20.3. The third-order valence-electron chi connectivity index (χ3n) is 6.71. The van der Waals surface area contributed by atoms with Gasteiger partial charge in [-0.2, -0.15) is 0 Å². The van der Waals surface area contributed by atoms with Gasteiger partial charge in [-0.1, -0.05) is 116 Å². The van der Waals surface area contributed by atoms with E-state index in [1.165, 1.54) is 62.6 Å². The summed E-state index contributed by atoms with van der Waals surface area (Å²) in [6.07, 6.45) is 24.1. The summed E-state index contributed by atoms with van der Waals surface area (Å²) in [6, 6.07) is 6.74. The van der Waals surface area contributed by atoms with Gasteiger partial charge in [-0.05, 0) is 49.5 Å². The molecule has 1 N–H and O–H groups in total. The number of carbonyl (C=O) groups excluding carboxylic acids is 2. The molecule has 0 saturated carbocycles. The quantitative estimate of drug-likeness (QED) is 0.149. The second-order valence-corrected chi connectivity index (χ2v) is 9.93. The number of hydrogen-bond donors (Lipinski definition) is 1. The summed E-state index contributed by atoms with van der Waals surface area (Å²) >= 11 is 0. The molecule has 0 saturated heterocycles. The van der Waals surface area contributed by atoms with Gasteiger partial charge in [0.25, 0.3) is 0 Å². The van der Waals surface area contributed by atoms with Gasteiger partial charge in [0.15, 0.2) is 0 Å². The Balaban J connectivity index is 0.000000573. The molecule has 5 heteroatoms. The Labute approximate surface area is 238 Å². The predicted octanol–water partition coefficient (Wildman–Crippen LogP) is 9.45. The minimum Gasteiger partial charge on any atom is -0.462 e. The molecule has 0 amide bonds. The van der Waals surface area contributed by atoms with E-state index in [1.54, 1.807) is 24.3 Å². The molecule has 1 aliphatic heterocycles. The van der Waals surface area contributed by atoms with Crippen LogP contribution in [0.5, 0.6) is 0 Å². The van der Waals surface area contributed by atoms with Crippen molar-refractivity contribution < 1.29 is 19.1 Å². The van der Waals surface area contributed by atoms with Crippen LogP contribution < -0.4 is 5.32 Å². The fourth-order valence-corrected chi connectivity index (χ4v) is 4.32. The monoisotopic (exact) mass is 539 g/mol. The molecule has 0 unspecified atom stereocenters. The smallest absolute Gasteiger partial charge is 0.339 e. The largest absolute Gasteiger partial charge is 0.462 e. The fourth-order valence-electron chi connectivity index (χ4n) is 4.32. The molecule has 1 aromatic rings. The van der Waals surface area contributed by atoms with E-state index in [-0.39, 0.29) is 0 Å². The molecule has 218 valence electrons. The maximum Gasteiger partial charge on any atom is 0.339 e. The normalized spacial score (nSPS) is 12.3. The number of unbranched alkanes of at least 4 members (excludes halogenated alkanes) is 10. The Bertz CT molecular complexity index is 851. The van der Waals surface area contributed by atoms with Crippen LogP contribution in [0.1, 0.15) is 138 Å². The van der Waals surface area contributed by atoms with Crippen molar-refractivity contribution in [1.82, 2.24) is 5.32 Å². The van der Waals surface area contributed by atoms with E-state index in [9.17, 15) is 9.59 Å². The highest BCUT2D eigenvalue weighted by atomic mass is 16.5. The lowest BCUT2D eigenvalue weighted by molar-refractivity contribution is 0.0450. The zero-order chi connectivity index (χ0) is 28.6. The Morgan fingerprint density at radius 3 is 1.59 bits per heavy atom. The number of rotatable bonds is 18. The zero-order valence-corrected chi connectivity index (χ0v) is 25.1. The van der Waals surface area contributed by atoms with Gasteiger partial charge in [0, 0.05) is 11.9 Å². The average Bonchev–Trinajstić information content (AvgIpc) is 3.21. The topological polar surface area (TPSA) is 64.6 Å². The highest BCUT2D eigenvalue weighted by molar-refractivity contribution is 6.03. The van der Waals surface area contributed by atoms with E-state index in [1.807, 2.05) is 12.3 Å². The van der Waals surface area contributed by atoms with Gasteiger partial charge in [-0.3, -0.25) is 0 Å². The molecule has 0 aromatic heterocycles. The van der Waals surface area contributed by atoms with Crippen LogP contribution in [-0.4, -0.2) is 25.2 Å². The molecule has 0 spiro atoms. The first-order valence-corrected chi connectivity index (χ1v) is 15.3. The lowest BCUT2D eigenvalue weighted by atomic mass is 10.1. The Morgan fingerprint density at radius 2 is 1.13 bits per heavy atom. The van der Waals surface area contributed by atoms with E-state index < -0.39 is 11.9 Å². The molecule has 0 fully saturated rings. The fraction of sp³-hybridized carbons (Fsp3) is 0.588. The van der Waals surface area contributed by atoms with Crippen molar-refractivity contribution in [3.05, 3.63) is 71.1 Å². The van der Waals surface area contributed by atoms with Gasteiger partial charge >= 0.3 is 11.9 Å². The lowest BCUT2D eigenvalue weighted by Gasteiger charge is -2.10. The number of ether oxygens (including phenoxy) is 2. The molecule has 1 aliphatic rings. The SMILES string of the molecule is CCC1=C(CC)NC=CC=C1.CCCCCCCCOC(=O)c1ccccc1C(=O)OCCCCCCCC. The second kappa shape index (κ2) is 23.1. The van der Waals surface area contributed by atoms with E-state index in [4.69, 9.17) is 9.47 Å². The summed E-state index contributed by atoms with van der Waals surface area (Å²) in [6.45, 7) is 9.53. The van der Waals surface area contributed by atoms with Crippen molar-refractivity contribution in [3.63, 3.8) is 0 Å². The first-order chi connectivity index (χ1) is 19.1. The highest BCUT2D eigenvalue weighted by Crippen LogP contribution is 2.15. The maximum absolute atomic E-state index is 12.4. The first-order valence-electron chi connectivity index (χ1n) is 15.3. The first kappa shape index (κ1) is 34.2. The molecule has 39 heavy (non-hydrogen) atoms. The molecule has 0 atom stereocenters. The van der Waals surface area contributed by atoms with Crippen molar-refractivity contribution in [3.8, 4) is 0 Å². The van der Waals surface area contributed by atoms with Crippen molar-refractivity contribution in [1.29, 1.82) is 0 Å². The number of hydrogen-bond acceptors (Lipinski definition) is 5. The highest BCUT2D eigenvalue weighted by Gasteiger charge is 2.18. The van der Waals surface area contributed by atoms with E-state index in [0.717, 1.165) is 38.5 Å². The van der Waals surface area contributed by atoms with Crippen molar-refractivity contribution in [2.75, 3.05) is 13.2 Å². The summed E-state index contributed by atoms with van der Waals surface area (Å²) in [5.41, 5.74) is 3.35. The summed E-state index contributed by atoms with van der Waals surface area (Å²) in [5.74, 6) is -0.888. The van der Waals surface area contributed by atoms with E-state index in [0.29, 0.717) is 24.3 Å². The molecule has 0 aliphatic carbocycles. The standard InChI is InChI=1S/C24H38O4.C10H15N/c1-3-5-7-9-11-15-19-27-23(25)21-17-13-14-18-22(21)24(26)28-20-16-12-10-8-6-4-2;1-3-9-7-5-6-8-11-10(9)4-2/h13-14,17-18H,3-12,15-16,19-20H2,1-2H3;5-8,11H,3-4H2,1-2H3. The van der Waals surface area contributed by atoms with Gasteiger partial charge < -0.3 is 14.8 Å². The predicted molar refractivity (Wildman–Crippen MR) is 163 cm³/mol. The van der Waals surface area contributed by atoms with Crippen LogP contribution in [0.25, 0.3) is 0 Å². The molecular formula is C34H53NO4. The molecule has 0 bridgehead atoms. The van der Waals surface area contributed by atoms with Crippen LogP contribution in [0.2, 0.25) is 0 Å². The van der Waals surface area contributed by atoms with Crippen LogP contribution in [0.15, 0.2) is 60.0 Å². The zero-order valence-electron chi connectivity index (χ0n) is 25.1. The maximum atomic E-state index is 12.4. The summed E-state index contributed by atoms with van der Waals surface area (Å²) < 4.78 is 10.7. The van der Waals surface area contributed by atoms with Gasteiger partial charge in [-0.25, -0.2) is 9.59 Å². The molecule has 1 aromatic carbocycles. The number of nitrogens with one attached hydrogen (secondary N) is 1. The number of esters is 2. The van der Waals surface area contributed by atoms with Crippen LogP contribution in [0, 0.1) is 0 Å². The molecule has 0 radical (unpaired) electrons. The van der Waals surface area contributed by atoms with Crippen LogP contribution in [-0.2, 0) is 9.47 Å². The van der Waals surface area contributed by atoms with Crippen molar-refractivity contribution in [2.24, 2.45) is 0 Å². The molecule has 2 rings (SSSR count). The summed E-state index contributed by atoms with van der Waals surface area (Å²) in [4.78, 5) is 24.7. The van der Waals surface area contributed by atoms with Gasteiger partial charge in [-0.15, -0.1) is 0 Å². The van der Waals surface area contributed by atoms with Crippen LogP contribution >= 0.6 is 0 Å². The second-order valence-electron chi connectivity index (χ2n) is 9.93. The van der Waals surface area contributed by atoms with Gasteiger partial charge in [0.05, 0.1) is 24.3 Å². The van der Waals surface area contributed by atoms with Gasteiger partial charge in [0.2, 0.25) is 0 Å². The third kappa shape index (κ3) is 15.4. The Morgan fingerprint density at radius 1 is 0.641 bits per heavy atom. The summed E-state index contributed by atoms with van der Waals surface area (Å²) in [7, 11) is 0. The molecular weight excluding hydrogens is 486 g/mol. The van der Waals surface area contributed by atoms with Crippen molar-refractivity contribution >= 4 is 11.9 Å². The summed E-state index contributed by atoms with van der Waals surface area (Å²) in [5, 5.41) is 3.27. The molecule has 1 heterocycles. The number of carbonyl (C=O) groups is 2. The minimum atomic E-state index is -0.444. The lowest BCUT2D eigenvalue weighted by Crippen LogP contribution is -2.15. The van der Waals surface area contributed by atoms with Crippen molar-refractivity contribution in [2.45, 2.75) is 118 Å². The van der Waals surface area contributed by atoms with Crippen LogP contribution in [0.4, 0.5) is 0 Å². The average molecular weight is 540 g/mol. The van der Waals surface area contributed by atoms with E-state index >= 15 is 0 Å². The number of benzene rings is 1. The van der Waals surface area contributed by atoms with Gasteiger partial charge in [0.1, 0.15) is 0 Å². The third-order valence-corrected chi connectivity index (χ3v) is 6.71. The van der Waals surface area contributed by atoms with E-state index in [2.05, 4.69) is 45.2 Å². The number of allylic oxidation sites excluding steroid dienone is 5. The Hall–Kier alpha value is -2.82.